The molecule has 140 valence electrons. The van der Waals surface area contributed by atoms with Crippen LogP contribution in [0.5, 0.6) is 0 Å². The molecule has 5 nitrogen and oxygen atoms in total. The van der Waals surface area contributed by atoms with Crippen LogP contribution < -0.4 is 0 Å². The minimum atomic E-state index is -4.32. The molecule has 0 amide bonds. The van der Waals surface area contributed by atoms with E-state index in [2.05, 4.69) is 11.1 Å². The fourth-order valence-corrected chi connectivity index (χ4v) is 2.99. The summed E-state index contributed by atoms with van der Waals surface area (Å²) in [4.78, 5) is 0. The van der Waals surface area contributed by atoms with Gasteiger partial charge in [0.05, 0.1) is 12.7 Å². The van der Waals surface area contributed by atoms with Gasteiger partial charge in [0.2, 0.25) is 0 Å². The Morgan fingerprint density at radius 2 is 1.22 bits per heavy atom. The topological polar surface area (TPSA) is 83.8 Å². The molecule has 0 bridgehead atoms. The van der Waals surface area contributed by atoms with Gasteiger partial charge in [0.15, 0.2) is 0 Å². The van der Waals surface area contributed by atoms with Crippen LogP contribution >= 0.6 is 0 Å². The molecular weight excluding hydrogens is 316 g/mol. The molecule has 0 aromatic rings. The molecular formula is C17H36O5S. The predicted octanol–water partition coefficient (Wildman–Crippen LogP) is 4.65. The van der Waals surface area contributed by atoms with Crippen LogP contribution in [0.3, 0.4) is 0 Å². The molecule has 0 radical (unpaired) electrons. The lowest BCUT2D eigenvalue weighted by molar-refractivity contribution is 0.144. The van der Waals surface area contributed by atoms with Gasteiger partial charge in [0, 0.05) is 0 Å². The number of hydrogen-bond acceptors (Lipinski definition) is 4. The number of unbranched alkanes of at least 4 members (excludes halogenated alkanes) is 10. The smallest absolute Gasteiger partial charge is 0.393 e. The van der Waals surface area contributed by atoms with E-state index < -0.39 is 10.4 Å². The Morgan fingerprint density at radius 3 is 1.70 bits per heavy atom. The Labute approximate surface area is 142 Å². The van der Waals surface area contributed by atoms with Crippen molar-refractivity contribution in [2.75, 3.05) is 6.61 Å². The second kappa shape index (κ2) is 15.4. The normalized spacial score (nSPS) is 13.3. The van der Waals surface area contributed by atoms with Gasteiger partial charge in [0.1, 0.15) is 0 Å². The summed E-state index contributed by atoms with van der Waals surface area (Å²) in [5, 5.41) is 9.82. The first-order valence-corrected chi connectivity index (χ1v) is 10.6. The highest BCUT2D eigenvalue weighted by atomic mass is 32.3. The van der Waals surface area contributed by atoms with Crippen molar-refractivity contribution in [3.05, 3.63) is 0 Å². The second-order valence-corrected chi connectivity index (χ2v) is 7.46. The summed E-state index contributed by atoms with van der Waals surface area (Å²) in [6, 6.07) is 0. The van der Waals surface area contributed by atoms with Gasteiger partial charge in [-0.25, -0.2) is 4.18 Å². The van der Waals surface area contributed by atoms with Crippen molar-refractivity contribution >= 4 is 10.4 Å². The summed E-state index contributed by atoms with van der Waals surface area (Å²) in [5.74, 6) is 0. The van der Waals surface area contributed by atoms with E-state index in [-0.39, 0.29) is 12.7 Å². The molecule has 6 heteroatoms. The third kappa shape index (κ3) is 19.8. The molecule has 2 N–H and O–H groups in total. The average molecular weight is 353 g/mol. The molecule has 0 aliphatic carbocycles. The predicted molar refractivity (Wildman–Crippen MR) is 93.8 cm³/mol. The fraction of sp³-hybridized carbons (Fsp3) is 1.00. The maximum absolute atomic E-state index is 10.3. The molecule has 1 atom stereocenters. The monoisotopic (exact) mass is 352 g/mol. The number of hydrogen-bond donors (Lipinski definition) is 2. The van der Waals surface area contributed by atoms with Crippen LogP contribution in [0.1, 0.15) is 96.8 Å². The largest absolute Gasteiger partial charge is 0.397 e. The van der Waals surface area contributed by atoms with E-state index in [0.29, 0.717) is 19.3 Å². The van der Waals surface area contributed by atoms with E-state index in [1.165, 1.54) is 57.8 Å². The summed E-state index contributed by atoms with van der Waals surface area (Å²) in [5.41, 5.74) is 0. The molecule has 0 aromatic heterocycles. The van der Waals surface area contributed by atoms with Crippen LogP contribution in [0.15, 0.2) is 0 Å². The van der Waals surface area contributed by atoms with Crippen molar-refractivity contribution in [3.8, 4) is 0 Å². The van der Waals surface area contributed by atoms with Crippen molar-refractivity contribution in [3.63, 3.8) is 0 Å². The van der Waals surface area contributed by atoms with E-state index in [1.54, 1.807) is 0 Å². The van der Waals surface area contributed by atoms with Crippen molar-refractivity contribution in [1.82, 2.24) is 0 Å². The first kappa shape index (κ1) is 22.8. The molecule has 0 spiro atoms. The van der Waals surface area contributed by atoms with Crippen LogP contribution in [0.2, 0.25) is 0 Å². The van der Waals surface area contributed by atoms with Crippen molar-refractivity contribution in [2.24, 2.45) is 0 Å². The zero-order valence-electron chi connectivity index (χ0n) is 14.7. The summed E-state index contributed by atoms with van der Waals surface area (Å²) in [6.45, 7) is 2.21. The Kier molecular flexibility index (Phi) is 15.2. The lowest BCUT2D eigenvalue weighted by Crippen LogP contribution is -2.08. The molecule has 0 heterocycles. The maximum Gasteiger partial charge on any atom is 0.397 e. The molecule has 0 aliphatic rings. The average Bonchev–Trinajstić information content (AvgIpc) is 2.47. The Balaban J connectivity index is 3.23. The third-order valence-electron chi connectivity index (χ3n) is 4.05. The van der Waals surface area contributed by atoms with E-state index in [9.17, 15) is 13.5 Å². The van der Waals surface area contributed by atoms with Gasteiger partial charge in [-0.05, 0) is 25.7 Å². The molecule has 0 aromatic carbocycles. The fourth-order valence-electron chi connectivity index (χ4n) is 2.66. The SMILES string of the molecule is CCCCCCCCCCCCC(O)CCCCOS(=O)(=O)O. The third-order valence-corrected chi connectivity index (χ3v) is 4.52. The van der Waals surface area contributed by atoms with E-state index >= 15 is 0 Å². The lowest BCUT2D eigenvalue weighted by Gasteiger charge is -2.10. The van der Waals surface area contributed by atoms with Gasteiger partial charge >= 0.3 is 10.4 Å². The van der Waals surface area contributed by atoms with Crippen molar-refractivity contribution < 1.29 is 22.3 Å². The summed E-state index contributed by atoms with van der Waals surface area (Å²) < 4.78 is 33.3. The lowest BCUT2D eigenvalue weighted by atomic mass is 10.0. The molecule has 0 saturated heterocycles. The van der Waals surface area contributed by atoms with Crippen LogP contribution in [0.4, 0.5) is 0 Å². The summed E-state index contributed by atoms with van der Waals surface area (Å²) in [7, 11) is -4.32. The van der Waals surface area contributed by atoms with Gasteiger partial charge in [-0.15, -0.1) is 0 Å². The molecule has 0 rings (SSSR count). The molecule has 0 aliphatic heterocycles. The first-order valence-electron chi connectivity index (χ1n) is 9.25. The van der Waals surface area contributed by atoms with Gasteiger partial charge in [-0.1, -0.05) is 71.1 Å². The molecule has 1 unspecified atom stereocenters. The van der Waals surface area contributed by atoms with Gasteiger partial charge < -0.3 is 5.11 Å². The highest BCUT2D eigenvalue weighted by Crippen LogP contribution is 2.13. The minimum absolute atomic E-state index is 0.0240. The maximum atomic E-state index is 10.3. The van der Waals surface area contributed by atoms with Crippen LogP contribution in [0.25, 0.3) is 0 Å². The second-order valence-electron chi connectivity index (χ2n) is 6.37. The van der Waals surface area contributed by atoms with Crippen molar-refractivity contribution in [2.45, 2.75) is 103 Å². The Bertz CT molecular complexity index is 343. The summed E-state index contributed by atoms with van der Waals surface area (Å²) >= 11 is 0. The van der Waals surface area contributed by atoms with Crippen molar-refractivity contribution in [1.29, 1.82) is 0 Å². The van der Waals surface area contributed by atoms with E-state index in [0.717, 1.165) is 12.8 Å². The zero-order chi connectivity index (χ0) is 17.4. The number of rotatable bonds is 17. The first-order chi connectivity index (χ1) is 11.0. The Hall–Kier alpha value is -0.170. The highest BCUT2D eigenvalue weighted by Gasteiger charge is 2.06. The van der Waals surface area contributed by atoms with Crippen LogP contribution in [0, 0.1) is 0 Å². The zero-order valence-corrected chi connectivity index (χ0v) is 15.5. The standard InChI is InChI=1S/C17H36O5S/c1-2-3-4-5-6-7-8-9-10-11-14-17(18)15-12-13-16-22-23(19,20)21/h17-18H,2-16H2,1H3,(H,19,20,21). The molecule has 0 saturated carbocycles. The number of aliphatic hydroxyl groups excluding tert-OH is 1. The quantitative estimate of drug-likeness (QED) is 0.294. The number of aliphatic hydroxyl groups is 1. The van der Waals surface area contributed by atoms with E-state index in [1.807, 2.05) is 0 Å². The molecule has 23 heavy (non-hydrogen) atoms. The summed E-state index contributed by atoms with van der Waals surface area (Å²) in [6.07, 6.45) is 15.3. The van der Waals surface area contributed by atoms with Gasteiger partial charge in [-0.3, -0.25) is 4.55 Å². The van der Waals surface area contributed by atoms with Gasteiger partial charge in [-0.2, -0.15) is 8.42 Å². The Morgan fingerprint density at radius 1 is 0.783 bits per heavy atom. The minimum Gasteiger partial charge on any atom is -0.393 e. The highest BCUT2D eigenvalue weighted by molar-refractivity contribution is 7.80. The molecule has 0 fully saturated rings. The van der Waals surface area contributed by atoms with E-state index in [4.69, 9.17) is 4.55 Å². The van der Waals surface area contributed by atoms with Crippen LogP contribution in [-0.4, -0.2) is 30.8 Å². The van der Waals surface area contributed by atoms with Crippen LogP contribution in [-0.2, 0) is 14.6 Å². The van der Waals surface area contributed by atoms with Gasteiger partial charge in [0.25, 0.3) is 0 Å².